The Bertz CT molecular complexity index is 184. The Balaban J connectivity index is -0.000000218. The molecule has 0 fully saturated rings. The van der Waals surface area contributed by atoms with E-state index in [1.54, 1.807) is 0 Å². The quantitative estimate of drug-likeness (QED) is 0.437. The molecule has 0 aliphatic rings. The van der Waals surface area contributed by atoms with E-state index in [1.807, 2.05) is 37.5 Å². The molecule has 0 aliphatic heterocycles. The first-order valence-corrected chi connectivity index (χ1v) is 6.99. The van der Waals surface area contributed by atoms with Gasteiger partial charge < -0.3 is 59.5 Å². The van der Waals surface area contributed by atoms with Crippen LogP contribution >= 0.6 is 24.4 Å². The number of hydrogen-bond acceptors (Lipinski definition) is 4. The minimum atomic E-state index is 0. The summed E-state index contributed by atoms with van der Waals surface area (Å²) in [5, 5.41) is 0. The molecule has 0 heterocycles. The summed E-state index contributed by atoms with van der Waals surface area (Å²) in [6, 6.07) is 0. The molecule has 0 radical (unpaired) electrons. The van der Waals surface area contributed by atoms with Gasteiger partial charge in [-0.3, -0.25) is 0 Å². The van der Waals surface area contributed by atoms with Crippen LogP contribution in [0.4, 0.5) is 0 Å². The van der Waals surface area contributed by atoms with Crippen LogP contribution in [0.25, 0.3) is 0 Å². The molecule has 0 spiro atoms. The van der Waals surface area contributed by atoms with E-state index < -0.39 is 0 Å². The summed E-state index contributed by atoms with van der Waals surface area (Å²) in [5.74, 6) is 0. The molecule has 7 heteroatoms. The van der Waals surface area contributed by atoms with E-state index in [0.29, 0.717) is 8.64 Å². The van der Waals surface area contributed by atoms with Crippen LogP contribution in [0.1, 0.15) is 27.7 Å². The second-order valence-electron chi connectivity index (χ2n) is 2.88. The van der Waals surface area contributed by atoms with E-state index in [9.17, 15) is 0 Å². The van der Waals surface area contributed by atoms with E-state index in [2.05, 4.69) is 0 Å². The molecule has 0 atom stereocenters. The van der Waals surface area contributed by atoms with Gasteiger partial charge in [0, 0.05) is 26.2 Å². The van der Waals surface area contributed by atoms with Gasteiger partial charge in [0.1, 0.15) is 0 Å². The molecule has 0 unspecified atom stereocenters. The maximum Gasteiger partial charge on any atom is 2.00 e. The summed E-state index contributed by atoms with van der Waals surface area (Å²) >= 11 is 19.0. The minimum absolute atomic E-state index is 0. The fourth-order valence-corrected chi connectivity index (χ4v) is 2.00. The second kappa shape index (κ2) is 15.0. The number of rotatable bonds is 4. The number of thiocarbonyl (C=S) groups is 2. The van der Waals surface area contributed by atoms with Crippen LogP contribution in [0.5, 0.6) is 0 Å². The molecule has 17 heavy (non-hydrogen) atoms. The predicted molar refractivity (Wildman–Crippen MR) is 85.8 cm³/mol. The Hall–Kier alpha value is 0.908. The van der Waals surface area contributed by atoms with Crippen molar-refractivity contribution in [1.82, 2.24) is 9.80 Å². The molecule has 0 bridgehead atoms. The fourth-order valence-electron chi connectivity index (χ4n) is 0.964. The smallest absolute Gasteiger partial charge is 0.411 e. The molecule has 104 valence electrons. The molecule has 0 saturated heterocycles. The van der Waals surface area contributed by atoms with Crippen molar-refractivity contribution in [3.63, 3.8) is 0 Å². The molecule has 0 aromatic rings. The van der Waals surface area contributed by atoms with Gasteiger partial charge in [0.2, 0.25) is 0 Å². The van der Waals surface area contributed by atoms with Gasteiger partial charge in [-0.05, 0) is 27.7 Å². The second-order valence-corrected chi connectivity index (χ2v) is 4.94. The van der Waals surface area contributed by atoms with Crippen molar-refractivity contribution >= 4 is 58.3 Å². The molecular weight excluding hydrogens is 471 g/mol. The summed E-state index contributed by atoms with van der Waals surface area (Å²) in [6.45, 7) is 11.9. The summed E-state index contributed by atoms with van der Waals surface area (Å²) in [4.78, 5) is 3.93. The maximum absolute atomic E-state index is 4.76. The van der Waals surface area contributed by atoms with Crippen LogP contribution in [0.15, 0.2) is 0 Å². The summed E-state index contributed by atoms with van der Waals surface area (Å²) < 4.78 is 1.16. The third kappa shape index (κ3) is 13.1. The van der Waals surface area contributed by atoms with Gasteiger partial charge >= 0.3 is 21.1 Å². The Morgan fingerprint density at radius 2 is 0.941 bits per heavy atom. The topological polar surface area (TPSA) is 6.48 Å². The van der Waals surface area contributed by atoms with Crippen LogP contribution in [-0.4, -0.2) is 44.6 Å². The first kappa shape index (κ1) is 23.0. The van der Waals surface area contributed by atoms with Crippen molar-refractivity contribution in [2.24, 2.45) is 0 Å². The third-order valence-corrected chi connectivity index (χ3v) is 3.08. The van der Waals surface area contributed by atoms with E-state index >= 15 is 0 Å². The van der Waals surface area contributed by atoms with E-state index in [-0.39, 0.29) is 21.1 Å². The van der Waals surface area contributed by atoms with Crippen LogP contribution in [-0.2, 0) is 46.3 Å². The van der Waals surface area contributed by atoms with E-state index in [1.165, 1.54) is 0 Å². The monoisotopic (exact) mass is 491 g/mol. The Morgan fingerprint density at radius 3 is 0.941 bits per heavy atom. The average molecular weight is 492 g/mol. The van der Waals surface area contributed by atoms with Gasteiger partial charge in [-0.15, -0.1) is 0 Å². The van der Waals surface area contributed by atoms with Crippen molar-refractivity contribution in [3.8, 4) is 0 Å². The van der Waals surface area contributed by atoms with Gasteiger partial charge in [0.15, 0.2) is 0 Å². The van der Waals surface area contributed by atoms with Crippen molar-refractivity contribution in [2.75, 3.05) is 26.2 Å². The van der Waals surface area contributed by atoms with Crippen molar-refractivity contribution in [2.45, 2.75) is 27.7 Å². The van der Waals surface area contributed by atoms with Crippen LogP contribution < -0.4 is 0 Å². The fraction of sp³-hybridized carbons (Fsp3) is 0.800. The zero-order valence-corrected chi connectivity index (χ0v) is 16.2. The van der Waals surface area contributed by atoms with Crippen LogP contribution in [0, 0.1) is 0 Å². The van der Waals surface area contributed by atoms with Gasteiger partial charge in [-0.25, -0.2) is 0 Å². The normalized spacial score (nSPS) is 8.24. The largest absolute Gasteiger partial charge is 2.00 e. The summed E-state index contributed by atoms with van der Waals surface area (Å²) in [5.41, 5.74) is 0. The van der Waals surface area contributed by atoms with Crippen molar-refractivity contribution in [1.29, 1.82) is 0 Å². The summed E-state index contributed by atoms with van der Waals surface area (Å²) in [6.07, 6.45) is 0. The van der Waals surface area contributed by atoms with Crippen molar-refractivity contribution in [3.05, 3.63) is 0 Å². The number of hydrogen-bond donors (Lipinski definition) is 0. The van der Waals surface area contributed by atoms with Gasteiger partial charge in [0.05, 0.1) is 0 Å². The molecule has 0 rings (SSSR count). The number of nitrogens with zero attached hydrogens (tertiary/aromatic N) is 2. The summed E-state index contributed by atoms with van der Waals surface area (Å²) in [7, 11) is 0. The van der Waals surface area contributed by atoms with Gasteiger partial charge in [0.25, 0.3) is 0 Å². The molecule has 0 N–H and O–H groups in total. The SMILES string of the molecule is CCN(CC)C(=S)[S-].CCN(CC)C(=S)[S-].[Pt+2]. The first-order chi connectivity index (χ1) is 7.44. The van der Waals surface area contributed by atoms with Crippen LogP contribution in [0.2, 0.25) is 0 Å². The zero-order chi connectivity index (χ0) is 13.1. The Morgan fingerprint density at radius 1 is 0.765 bits per heavy atom. The average Bonchev–Trinajstić information content (AvgIpc) is 2.21. The molecule has 0 aromatic heterocycles. The molecule has 0 aliphatic carbocycles. The molecule has 0 aromatic carbocycles. The van der Waals surface area contributed by atoms with Crippen LogP contribution in [0.3, 0.4) is 0 Å². The van der Waals surface area contributed by atoms with E-state index in [0.717, 1.165) is 26.2 Å². The minimum Gasteiger partial charge on any atom is -0.411 e. The third-order valence-electron chi connectivity index (χ3n) is 2.04. The Kier molecular flexibility index (Phi) is 20.3. The first-order valence-electron chi connectivity index (χ1n) is 5.36. The molecular formula is C10H20N2PtS4. The molecule has 0 saturated carbocycles. The van der Waals surface area contributed by atoms with Gasteiger partial charge in [-0.1, -0.05) is 8.64 Å². The maximum atomic E-state index is 4.76. The van der Waals surface area contributed by atoms with E-state index in [4.69, 9.17) is 49.7 Å². The van der Waals surface area contributed by atoms with Gasteiger partial charge in [-0.2, -0.15) is 0 Å². The molecule has 0 amide bonds. The standard InChI is InChI=1S/2C5H11NS2.Pt/c2*1-3-6(4-2)5(7)8;/h2*3-4H2,1-2H3,(H,7,8);/q;;+2/p-2. The Labute approximate surface area is 142 Å². The zero-order valence-electron chi connectivity index (χ0n) is 10.7. The predicted octanol–water partition coefficient (Wildman–Crippen LogP) is 2.32. The van der Waals surface area contributed by atoms with Crippen molar-refractivity contribution < 1.29 is 21.1 Å². The molecule has 2 nitrogen and oxygen atoms in total.